The van der Waals surface area contributed by atoms with Gasteiger partial charge in [-0.05, 0) is 24.1 Å². The second-order valence-corrected chi connectivity index (χ2v) is 8.65. The van der Waals surface area contributed by atoms with E-state index in [1.807, 2.05) is 6.07 Å². The first-order valence-electron chi connectivity index (χ1n) is 9.26. The van der Waals surface area contributed by atoms with E-state index in [9.17, 15) is 8.42 Å². The molecule has 0 aliphatic carbocycles. The minimum absolute atomic E-state index is 0.340. The number of hydrogen-bond acceptors (Lipinski definition) is 6. The summed E-state index contributed by atoms with van der Waals surface area (Å²) in [6.07, 6.45) is 1.21. The number of nitrogens with zero attached hydrogens (tertiary/aromatic N) is 1. The molecule has 0 saturated carbocycles. The van der Waals surface area contributed by atoms with Crippen molar-refractivity contribution in [2.24, 2.45) is 4.99 Å². The maximum Gasteiger partial charge on any atom is 0.191 e. The summed E-state index contributed by atoms with van der Waals surface area (Å²) in [5.74, 6) is 2.50. The molecule has 2 aromatic carbocycles. The minimum Gasteiger partial charge on any atom is -0.496 e. The summed E-state index contributed by atoms with van der Waals surface area (Å²) in [7, 11) is 3.21. The topological polar surface area (TPSA) is 98.3 Å². The van der Waals surface area contributed by atoms with Crippen LogP contribution >= 0.6 is 0 Å². The van der Waals surface area contributed by atoms with Crippen LogP contribution in [0.2, 0.25) is 0 Å². The minimum atomic E-state index is -3.23. The quantitative estimate of drug-likeness (QED) is 0.485. The van der Waals surface area contributed by atoms with Gasteiger partial charge in [0.2, 0.25) is 0 Å². The largest absolute Gasteiger partial charge is 0.496 e. The molecule has 8 nitrogen and oxygen atoms in total. The van der Waals surface area contributed by atoms with Gasteiger partial charge in [0.15, 0.2) is 15.8 Å². The average molecular weight is 436 g/mol. The third kappa shape index (κ3) is 5.79. The van der Waals surface area contributed by atoms with Crippen LogP contribution in [0.4, 0.5) is 0 Å². The van der Waals surface area contributed by atoms with Gasteiger partial charge in [-0.25, -0.2) is 8.42 Å². The van der Waals surface area contributed by atoms with E-state index >= 15 is 0 Å². The van der Waals surface area contributed by atoms with Gasteiger partial charge in [-0.1, -0.05) is 12.1 Å². The Morgan fingerprint density at radius 1 is 0.967 bits per heavy atom. The van der Waals surface area contributed by atoms with Gasteiger partial charge in [-0.3, -0.25) is 4.99 Å². The molecule has 2 N–H and O–H groups in total. The van der Waals surface area contributed by atoms with Gasteiger partial charge in [0.1, 0.15) is 17.2 Å². The Morgan fingerprint density at radius 2 is 1.57 bits per heavy atom. The van der Waals surface area contributed by atoms with Crippen molar-refractivity contribution in [3.05, 3.63) is 47.0 Å². The Morgan fingerprint density at radius 3 is 2.03 bits per heavy atom. The normalized spacial score (nSPS) is 11.7. The summed E-state index contributed by atoms with van der Waals surface area (Å²) in [6, 6.07) is 8.86. The predicted molar refractivity (Wildman–Crippen MR) is 117 cm³/mol. The molecule has 164 valence electrons. The molecular formula is C21H29N3O5S. The SMILES string of the molecule is CN=C(NCc1ccc(S(C)(=O)=O)c(C)c1)NCc1c(OC)cc(OC)cc1OC. The molecule has 0 fully saturated rings. The molecule has 0 bridgehead atoms. The molecule has 0 radical (unpaired) electrons. The molecular weight excluding hydrogens is 406 g/mol. The second kappa shape index (κ2) is 10.2. The maximum atomic E-state index is 11.8. The van der Waals surface area contributed by atoms with Gasteiger partial charge >= 0.3 is 0 Å². The molecule has 0 aromatic heterocycles. The van der Waals surface area contributed by atoms with Crippen LogP contribution in [0.25, 0.3) is 0 Å². The number of aliphatic imine (C=N–C) groups is 1. The Hall–Kier alpha value is -2.94. The first-order chi connectivity index (χ1) is 14.2. The van der Waals surface area contributed by atoms with E-state index in [2.05, 4.69) is 15.6 Å². The molecule has 0 unspecified atom stereocenters. The van der Waals surface area contributed by atoms with E-state index in [-0.39, 0.29) is 0 Å². The molecule has 0 atom stereocenters. The number of hydrogen-bond donors (Lipinski definition) is 2. The highest BCUT2D eigenvalue weighted by Gasteiger charge is 2.14. The van der Waals surface area contributed by atoms with Crippen molar-refractivity contribution in [2.75, 3.05) is 34.6 Å². The number of methoxy groups -OCH3 is 3. The highest BCUT2D eigenvalue weighted by Crippen LogP contribution is 2.33. The van der Waals surface area contributed by atoms with Crippen LogP contribution in [0.1, 0.15) is 16.7 Å². The number of aryl methyl sites for hydroxylation is 1. The van der Waals surface area contributed by atoms with Crippen LogP contribution in [0.15, 0.2) is 40.2 Å². The number of benzene rings is 2. The van der Waals surface area contributed by atoms with E-state index < -0.39 is 9.84 Å². The summed E-state index contributed by atoms with van der Waals surface area (Å²) in [5.41, 5.74) is 2.49. The second-order valence-electron chi connectivity index (χ2n) is 6.66. The molecule has 0 amide bonds. The van der Waals surface area contributed by atoms with Crippen molar-refractivity contribution < 1.29 is 22.6 Å². The van der Waals surface area contributed by atoms with Crippen molar-refractivity contribution in [3.8, 4) is 17.2 Å². The Bertz CT molecular complexity index is 994. The lowest BCUT2D eigenvalue weighted by atomic mass is 10.1. The summed E-state index contributed by atoms with van der Waals surface area (Å²) in [5, 5.41) is 6.46. The van der Waals surface area contributed by atoms with Crippen LogP contribution in [-0.2, 0) is 22.9 Å². The van der Waals surface area contributed by atoms with E-state index in [0.29, 0.717) is 46.8 Å². The zero-order valence-electron chi connectivity index (χ0n) is 18.2. The summed E-state index contributed by atoms with van der Waals surface area (Å²) >= 11 is 0. The maximum absolute atomic E-state index is 11.8. The molecule has 2 rings (SSSR count). The molecule has 30 heavy (non-hydrogen) atoms. The lowest BCUT2D eigenvalue weighted by Gasteiger charge is -2.17. The molecule has 9 heteroatoms. The molecule has 0 saturated heterocycles. The monoisotopic (exact) mass is 435 g/mol. The first-order valence-corrected chi connectivity index (χ1v) is 11.2. The van der Waals surface area contributed by atoms with E-state index in [4.69, 9.17) is 14.2 Å². The van der Waals surface area contributed by atoms with Crippen LogP contribution in [-0.4, -0.2) is 49.0 Å². The van der Waals surface area contributed by atoms with Crippen molar-refractivity contribution in [3.63, 3.8) is 0 Å². The third-order valence-electron chi connectivity index (χ3n) is 4.57. The van der Waals surface area contributed by atoms with Crippen LogP contribution < -0.4 is 24.8 Å². The number of sulfone groups is 1. The van der Waals surface area contributed by atoms with E-state index in [1.54, 1.807) is 59.6 Å². The molecule has 0 aliphatic heterocycles. The molecule has 0 heterocycles. The first kappa shape index (κ1) is 23.3. The number of guanidine groups is 1. The van der Waals surface area contributed by atoms with E-state index in [0.717, 1.165) is 11.1 Å². The summed E-state index contributed by atoms with van der Waals surface area (Å²) in [4.78, 5) is 4.57. The zero-order valence-corrected chi connectivity index (χ0v) is 19.0. The van der Waals surface area contributed by atoms with Gasteiger partial charge in [-0.15, -0.1) is 0 Å². The molecule has 2 aromatic rings. The highest BCUT2D eigenvalue weighted by molar-refractivity contribution is 7.90. The fourth-order valence-corrected chi connectivity index (χ4v) is 4.03. The Balaban J connectivity index is 2.08. The van der Waals surface area contributed by atoms with Crippen molar-refractivity contribution in [2.45, 2.75) is 24.9 Å². The summed E-state index contributed by atoms with van der Waals surface area (Å²) < 4.78 is 39.7. The molecule has 0 aliphatic rings. The Labute approximate surface area is 178 Å². The standard InChI is InChI=1S/C21H29N3O5S/c1-14-9-15(7-8-20(14)30(6,25)26)12-23-21(22-2)24-13-17-18(28-4)10-16(27-3)11-19(17)29-5/h7-11H,12-13H2,1-6H3,(H2,22,23,24). The Kier molecular flexibility index (Phi) is 7.93. The van der Waals surface area contributed by atoms with Gasteiger partial charge in [0.05, 0.1) is 38.3 Å². The van der Waals surface area contributed by atoms with Crippen LogP contribution in [0, 0.1) is 6.92 Å². The number of nitrogens with one attached hydrogen (secondary N) is 2. The number of ether oxygens (including phenoxy) is 3. The van der Waals surface area contributed by atoms with Crippen molar-refractivity contribution in [1.29, 1.82) is 0 Å². The summed E-state index contributed by atoms with van der Waals surface area (Å²) in [6.45, 7) is 2.69. The molecule has 0 spiro atoms. The average Bonchev–Trinajstić information content (AvgIpc) is 2.72. The fraction of sp³-hybridized carbons (Fsp3) is 0.381. The smallest absolute Gasteiger partial charge is 0.191 e. The van der Waals surface area contributed by atoms with Gasteiger partial charge in [-0.2, -0.15) is 0 Å². The van der Waals surface area contributed by atoms with Crippen molar-refractivity contribution >= 4 is 15.8 Å². The van der Waals surface area contributed by atoms with Crippen LogP contribution in [0.3, 0.4) is 0 Å². The lowest BCUT2D eigenvalue weighted by Crippen LogP contribution is -2.36. The van der Waals surface area contributed by atoms with E-state index in [1.165, 1.54) is 6.26 Å². The highest BCUT2D eigenvalue weighted by atomic mass is 32.2. The predicted octanol–water partition coefficient (Wildman–Crippen LogP) is 2.29. The van der Waals surface area contributed by atoms with Crippen molar-refractivity contribution in [1.82, 2.24) is 10.6 Å². The van der Waals surface area contributed by atoms with Gasteiger partial charge in [0.25, 0.3) is 0 Å². The number of rotatable bonds is 8. The zero-order chi connectivity index (χ0) is 22.3. The fourth-order valence-electron chi connectivity index (χ4n) is 3.07. The van der Waals surface area contributed by atoms with Gasteiger partial charge < -0.3 is 24.8 Å². The van der Waals surface area contributed by atoms with Gasteiger partial charge in [0, 0.05) is 32.0 Å². The van der Waals surface area contributed by atoms with Crippen LogP contribution in [0.5, 0.6) is 17.2 Å². The third-order valence-corrected chi connectivity index (χ3v) is 5.83. The lowest BCUT2D eigenvalue weighted by molar-refractivity contribution is 0.368.